The van der Waals surface area contributed by atoms with E-state index < -0.39 is 0 Å². The second kappa shape index (κ2) is 10.5. The van der Waals surface area contributed by atoms with Crippen LogP contribution in [0.5, 0.6) is 11.5 Å². The molecule has 0 atom stereocenters. The third-order valence-electron chi connectivity index (χ3n) is 4.40. The molecule has 0 saturated carbocycles. The zero-order valence-corrected chi connectivity index (χ0v) is 15.7. The van der Waals surface area contributed by atoms with E-state index in [1.165, 1.54) is 31.2 Å². The predicted octanol–water partition coefficient (Wildman–Crippen LogP) is 6.37. The van der Waals surface area contributed by atoms with Crippen LogP contribution < -0.4 is 9.47 Å². The lowest BCUT2D eigenvalue weighted by molar-refractivity contribution is 0.307. The van der Waals surface area contributed by atoms with Crippen LogP contribution in [-0.4, -0.2) is 19.6 Å². The molecule has 132 valence electrons. The van der Waals surface area contributed by atoms with E-state index in [9.17, 15) is 0 Å². The maximum atomic E-state index is 6.11. The average Bonchev–Trinajstić information content (AvgIpc) is 2.63. The second-order valence-corrected chi connectivity index (χ2v) is 6.50. The van der Waals surface area contributed by atoms with Crippen molar-refractivity contribution in [3.63, 3.8) is 0 Å². The van der Waals surface area contributed by atoms with Crippen molar-refractivity contribution >= 4 is 22.4 Å². The molecule has 0 N–H and O–H groups in total. The molecule has 0 fully saturated rings. The SMILES string of the molecule is CCc1cc(OCCCCCCCCCl)c2ccccc2c1OC. The normalized spacial score (nSPS) is 11.0. The summed E-state index contributed by atoms with van der Waals surface area (Å²) in [6.07, 6.45) is 8.18. The lowest BCUT2D eigenvalue weighted by Crippen LogP contribution is -2.00. The fourth-order valence-electron chi connectivity index (χ4n) is 3.08. The summed E-state index contributed by atoms with van der Waals surface area (Å²) in [6.45, 7) is 2.92. The topological polar surface area (TPSA) is 18.5 Å². The van der Waals surface area contributed by atoms with E-state index in [2.05, 4.69) is 37.3 Å². The fourth-order valence-corrected chi connectivity index (χ4v) is 3.27. The number of aryl methyl sites for hydroxylation is 1. The Morgan fingerprint density at radius 3 is 2.25 bits per heavy atom. The summed E-state index contributed by atoms with van der Waals surface area (Å²) >= 11 is 5.70. The Hall–Kier alpha value is -1.41. The Kier molecular flexibility index (Phi) is 8.24. The highest BCUT2D eigenvalue weighted by atomic mass is 35.5. The fraction of sp³-hybridized carbons (Fsp3) is 0.524. The molecule has 2 aromatic rings. The van der Waals surface area contributed by atoms with Crippen molar-refractivity contribution < 1.29 is 9.47 Å². The van der Waals surface area contributed by atoms with Crippen LogP contribution in [0.25, 0.3) is 10.8 Å². The minimum Gasteiger partial charge on any atom is -0.496 e. The number of benzene rings is 2. The molecule has 0 aliphatic rings. The molecular formula is C21H29ClO2. The number of unbranched alkanes of at least 4 members (excludes halogenated alkanes) is 5. The van der Waals surface area contributed by atoms with Gasteiger partial charge in [-0.25, -0.2) is 0 Å². The van der Waals surface area contributed by atoms with Crippen LogP contribution in [0.3, 0.4) is 0 Å². The molecule has 0 aromatic heterocycles. The van der Waals surface area contributed by atoms with Crippen LogP contribution in [0, 0.1) is 0 Å². The summed E-state index contributed by atoms with van der Waals surface area (Å²) in [5, 5.41) is 2.27. The standard InChI is InChI=1S/C21H29ClO2/c1-3-17-16-20(24-15-11-7-5-4-6-10-14-22)18-12-8-9-13-19(18)21(17)23-2/h8-9,12-13,16H,3-7,10-11,14-15H2,1-2H3. The van der Waals surface area contributed by atoms with E-state index in [0.717, 1.165) is 54.0 Å². The van der Waals surface area contributed by atoms with Gasteiger partial charge in [0.15, 0.2) is 0 Å². The minimum atomic E-state index is 0.773. The highest BCUT2D eigenvalue weighted by Gasteiger charge is 2.12. The van der Waals surface area contributed by atoms with Crippen LogP contribution in [0.1, 0.15) is 51.0 Å². The Labute approximate surface area is 151 Å². The van der Waals surface area contributed by atoms with Gasteiger partial charge in [0.05, 0.1) is 13.7 Å². The lowest BCUT2D eigenvalue weighted by atomic mass is 10.0. The van der Waals surface area contributed by atoms with Gasteiger partial charge in [-0.1, -0.05) is 56.9 Å². The molecule has 0 saturated heterocycles. The van der Waals surface area contributed by atoms with Crippen molar-refractivity contribution in [1.29, 1.82) is 0 Å². The van der Waals surface area contributed by atoms with Crippen LogP contribution in [0.2, 0.25) is 0 Å². The van der Waals surface area contributed by atoms with Gasteiger partial charge in [-0.05, 0) is 30.9 Å². The first-order chi connectivity index (χ1) is 11.8. The average molecular weight is 349 g/mol. The van der Waals surface area contributed by atoms with Crippen molar-refractivity contribution in [3.05, 3.63) is 35.9 Å². The van der Waals surface area contributed by atoms with Gasteiger partial charge in [0.2, 0.25) is 0 Å². The van der Waals surface area contributed by atoms with Gasteiger partial charge in [-0.15, -0.1) is 11.6 Å². The first-order valence-corrected chi connectivity index (χ1v) is 9.62. The number of methoxy groups -OCH3 is 1. The van der Waals surface area contributed by atoms with Crippen LogP contribution in [0.15, 0.2) is 30.3 Å². The van der Waals surface area contributed by atoms with E-state index >= 15 is 0 Å². The highest BCUT2D eigenvalue weighted by Crippen LogP contribution is 2.37. The van der Waals surface area contributed by atoms with Gasteiger partial charge in [-0.2, -0.15) is 0 Å². The predicted molar refractivity (Wildman–Crippen MR) is 104 cm³/mol. The maximum absolute atomic E-state index is 6.11. The molecule has 0 heterocycles. The number of fused-ring (bicyclic) bond motifs is 1. The summed E-state index contributed by atoms with van der Waals surface area (Å²) in [6, 6.07) is 10.5. The Bertz CT molecular complexity index is 625. The van der Waals surface area contributed by atoms with Gasteiger partial charge >= 0.3 is 0 Å². The molecule has 0 aliphatic carbocycles. The van der Waals surface area contributed by atoms with Crippen molar-refractivity contribution in [2.45, 2.75) is 51.9 Å². The maximum Gasteiger partial charge on any atom is 0.130 e. The van der Waals surface area contributed by atoms with E-state index in [4.69, 9.17) is 21.1 Å². The molecule has 24 heavy (non-hydrogen) atoms. The smallest absolute Gasteiger partial charge is 0.130 e. The van der Waals surface area contributed by atoms with Gasteiger partial charge in [0.25, 0.3) is 0 Å². The van der Waals surface area contributed by atoms with E-state index in [0.29, 0.717) is 0 Å². The first-order valence-electron chi connectivity index (χ1n) is 9.09. The molecule has 2 aromatic carbocycles. The molecule has 2 nitrogen and oxygen atoms in total. The molecular weight excluding hydrogens is 320 g/mol. The zero-order chi connectivity index (χ0) is 17.2. The van der Waals surface area contributed by atoms with Gasteiger partial charge < -0.3 is 9.47 Å². The van der Waals surface area contributed by atoms with Crippen LogP contribution in [-0.2, 0) is 6.42 Å². The number of halogens is 1. The lowest BCUT2D eigenvalue weighted by Gasteiger charge is -2.15. The highest BCUT2D eigenvalue weighted by molar-refractivity contribution is 6.17. The van der Waals surface area contributed by atoms with E-state index in [1.807, 2.05) is 0 Å². The van der Waals surface area contributed by atoms with E-state index in [1.54, 1.807) is 7.11 Å². The van der Waals surface area contributed by atoms with Gasteiger partial charge in [0.1, 0.15) is 11.5 Å². The molecule has 2 rings (SSSR count). The van der Waals surface area contributed by atoms with Crippen molar-refractivity contribution in [3.8, 4) is 11.5 Å². The van der Waals surface area contributed by atoms with Crippen molar-refractivity contribution in [1.82, 2.24) is 0 Å². The summed E-state index contributed by atoms with van der Waals surface area (Å²) in [4.78, 5) is 0. The number of rotatable bonds is 11. The molecule has 0 bridgehead atoms. The number of hydrogen-bond acceptors (Lipinski definition) is 2. The van der Waals surface area contributed by atoms with Crippen molar-refractivity contribution in [2.75, 3.05) is 19.6 Å². The molecule has 0 aliphatic heterocycles. The summed E-state index contributed by atoms with van der Waals surface area (Å²) < 4.78 is 11.7. The largest absolute Gasteiger partial charge is 0.496 e. The molecule has 0 amide bonds. The Morgan fingerprint density at radius 2 is 1.58 bits per heavy atom. The number of alkyl halides is 1. The number of ether oxygens (including phenoxy) is 2. The van der Waals surface area contributed by atoms with Gasteiger partial charge in [-0.3, -0.25) is 0 Å². The van der Waals surface area contributed by atoms with Crippen molar-refractivity contribution in [2.24, 2.45) is 0 Å². The summed E-state index contributed by atoms with van der Waals surface area (Å²) in [5.41, 5.74) is 1.20. The second-order valence-electron chi connectivity index (χ2n) is 6.12. The third kappa shape index (κ3) is 5.04. The monoisotopic (exact) mass is 348 g/mol. The Balaban J connectivity index is 1.96. The number of hydrogen-bond donors (Lipinski definition) is 0. The summed E-state index contributed by atoms with van der Waals surface area (Å²) in [7, 11) is 1.74. The van der Waals surface area contributed by atoms with Crippen LogP contribution >= 0.6 is 11.6 Å². The minimum absolute atomic E-state index is 0.773. The molecule has 0 spiro atoms. The van der Waals surface area contributed by atoms with Gasteiger partial charge in [0, 0.05) is 16.7 Å². The Morgan fingerprint density at radius 1 is 0.917 bits per heavy atom. The molecule has 0 radical (unpaired) electrons. The summed E-state index contributed by atoms with van der Waals surface area (Å²) in [5.74, 6) is 2.73. The van der Waals surface area contributed by atoms with E-state index in [-0.39, 0.29) is 0 Å². The van der Waals surface area contributed by atoms with Crippen LogP contribution in [0.4, 0.5) is 0 Å². The molecule has 3 heteroatoms. The zero-order valence-electron chi connectivity index (χ0n) is 14.9. The first kappa shape index (κ1) is 18.9. The quantitative estimate of drug-likeness (QED) is 0.347. The third-order valence-corrected chi connectivity index (χ3v) is 4.67. The molecule has 0 unspecified atom stereocenters.